The average molecular weight is 277 g/mol. The molecule has 1 amide bonds. The Morgan fingerprint density at radius 1 is 1.56 bits per heavy atom. The standard InChI is InChI=1S/C11H17ClN2O4/c1-16-6-8(3-4-12)13-11(15)10-5-9(7-17-2)18-14-10/h5,8H,3-4,6-7H2,1-2H3,(H,13,15). The second kappa shape index (κ2) is 8.07. The second-order valence-electron chi connectivity index (χ2n) is 3.71. The lowest BCUT2D eigenvalue weighted by Crippen LogP contribution is -2.38. The summed E-state index contributed by atoms with van der Waals surface area (Å²) in [6, 6.07) is 1.41. The van der Waals surface area contributed by atoms with Crippen molar-refractivity contribution in [2.45, 2.75) is 19.1 Å². The van der Waals surface area contributed by atoms with Crippen LogP contribution in [0.1, 0.15) is 22.7 Å². The van der Waals surface area contributed by atoms with E-state index >= 15 is 0 Å². The molecule has 1 aromatic rings. The van der Waals surface area contributed by atoms with Crippen molar-refractivity contribution < 1.29 is 18.8 Å². The first-order chi connectivity index (χ1) is 8.71. The van der Waals surface area contributed by atoms with Crippen LogP contribution >= 0.6 is 11.6 Å². The number of carbonyl (C=O) groups excluding carboxylic acids is 1. The monoisotopic (exact) mass is 276 g/mol. The fourth-order valence-electron chi connectivity index (χ4n) is 1.42. The van der Waals surface area contributed by atoms with Crippen LogP contribution in [0.15, 0.2) is 10.6 Å². The van der Waals surface area contributed by atoms with Gasteiger partial charge in [0.2, 0.25) is 0 Å². The van der Waals surface area contributed by atoms with Gasteiger partial charge in [0, 0.05) is 26.2 Å². The zero-order valence-electron chi connectivity index (χ0n) is 10.4. The lowest BCUT2D eigenvalue weighted by atomic mass is 10.2. The van der Waals surface area contributed by atoms with Crippen LogP contribution in [0.2, 0.25) is 0 Å². The molecule has 0 bridgehead atoms. The molecule has 0 aliphatic rings. The van der Waals surface area contributed by atoms with E-state index in [0.29, 0.717) is 24.7 Å². The van der Waals surface area contributed by atoms with E-state index in [1.165, 1.54) is 7.11 Å². The number of hydrogen-bond donors (Lipinski definition) is 1. The minimum Gasteiger partial charge on any atom is -0.383 e. The predicted octanol–water partition coefficient (Wildman–Crippen LogP) is 1.19. The number of amides is 1. The summed E-state index contributed by atoms with van der Waals surface area (Å²) < 4.78 is 14.8. The number of ether oxygens (including phenoxy) is 2. The predicted molar refractivity (Wildman–Crippen MR) is 65.7 cm³/mol. The van der Waals surface area contributed by atoms with Crippen LogP contribution < -0.4 is 5.32 Å². The van der Waals surface area contributed by atoms with Gasteiger partial charge < -0.3 is 19.3 Å². The van der Waals surface area contributed by atoms with E-state index in [2.05, 4.69) is 10.5 Å². The van der Waals surface area contributed by atoms with Crippen LogP contribution in [-0.4, -0.2) is 43.8 Å². The molecule has 1 atom stereocenters. The van der Waals surface area contributed by atoms with Crippen molar-refractivity contribution >= 4 is 17.5 Å². The molecule has 0 aromatic carbocycles. The van der Waals surface area contributed by atoms with Gasteiger partial charge in [-0.25, -0.2) is 0 Å². The average Bonchev–Trinajstić information content (AvgIpc) is 2.79. The molecule has 102 valence electrons. The van der Waals surface area contributed by atoms with Gasteiger partial charge >= 0.3 is 0 Å². The van der Waals surface area contributed by atoms with Crippen LogP contribution in [-0.2, 0) is 16.1 Å². The molecule has 0 fully saturated rings. The molecule has 7 heteroatoms. The zero-order chi connectivity index (χ0) is 13.4. The Labute approximate surface area is 111 Å². The Bertz CT molecular complexity index is 364. The van der Waals surface area contributed by atoms with Gasteiger partial charge in [-0.1, -0.05) is 5.16 Å². The van der Waals surface area contributed by atoms with Crippen molar-refractivity contribution in [2.75, 3.05) is 26.7 Å². The van der Waals surface area contributed by atoms with Crippen LogP contribution in [0.3, 0.4) is 0 Å². The summed E-state index contributed by atoms with van der Waals surface area (Å²) in [4.78, 5) is 11.8. The zero-order valence-corrected chi connectivity index (χ0v) is 11.2. The smallest absolute Gasteiger partial charge is 0.273 e. The van der Waals surface area contributed by atoms with Gasteiger partial charge in [-0.05, 0) is 6.42 Å². The Morgan fingerprint density at radius 3 is 2.94 bits per heavy atom. The number of nitrogens with one attached hydrogen (secondary N) is 1. The van der Waals surface area contributed by atoms with E-state index in [0.717, 1.165) is 0 Å². The summed E-state index contributed by atoms with van der Waals surface area (Å²) in [6.07, 6.45) is 0.629. The van der Waals surface area contributed by atoms with Crippen LogP contribution in [0, 0.1) is 0 Å². The van der Waals surface area contributed by atoms with Crippen molar-refractivity contribution in [2.24, 2.45) is 0 Å². The Kier molecular flexibility index (Phi) is 6.70. The summed E-state index contributed by atoms with van der Waals surface area (Å²) in [5.41, 5.74) is 0.220. The molecule has 1 unspecified atom stereocenters. The quantitative estimate of drug-likeness (QED) is 0.722. The molecule has 1 rings (SSSR count). The first kappa shape index (κ1) is 14.9. The minimum absolute atomic E-state index is 0.137. The van der Waals surface area contributed by atoms with Gasteiger partial charge in [-0.3, -0.25) is 4.79 Å². The van der Waals surface area contributed by atoms with E-state index < -0.39 is 0 Å². The highest BCUT2D eigenvalue weighted by Crippen LogP contribution is 2.06. The number of aromatic nitrogens is 1. The van der Waals surface area contributed by atoms with Gasteiger partial charge in [0.05, 0.1) is 12.6 Å². The molecule has 0 radical (unpaired) electrons. The molecule has 0 aliphatic heterocycles. The third-order valence-electron chi connectivity index (χ3n) is 2.24. The maximum atomic E-state index is 11.8. The van der Waals surface area contributed by atoms with E-state index in [-0.39, 0.29) is 24.2 Å². The molecule has 1 aromatic heterocycles. The van der Waals surface area contributed by atoms with E-state index in [9.17, 15) is 4.79 Å². The fraction of sp³-hybridized carbons (Fsp3) is 0.636. The van der Waals surface area contributed by atoms with Gasteiger partial charge in [-0.15, -0.1) is 11.6 Å². The first-order valence-corrected chi connectivity index (χ1v) is 6.05. The maximum Gasteiger partial charge on any atom is 0.273 e. The molecule has 0 aliphatic carbocycles. The summed E-state index contributed by atoms with van der Waals surface area (Å²) in [7, 11) is 3.11. The summed E-state index contributed by atoms with van der Waals surface area (Å²) in [6.45, 7) is 0.685. The molecule has 0 saturated heterocycles. The highest BCUT2D eigenvalue weighted by Gasteiger charge is 2.16. The van der Waals surface area contributed by atoms with E-state index in [1.54, 1.807) is 13.2 Å². The fourth-order valence-corrected chi connectivity index (χ4v) is 1.68. The van der Waals surface area contributed by atoms with Crippen LogP contribution in [0.5, 0.6) is 0 Å². The summed E-state index contributed by atoms with van der Waals surface area (Å²) in [5.74, 6) is 0.638. The van der Waals surface area contributed by atoms with Gasteiger partial charge in [0.15, 0.2) is 11.5 Å². The number of halogens is 1. The van der Waals surface area contributed by atoms with Crippen molar-refractivity contribution in [1.29, 1.82) is 0 Å². The number of hydrogen-bond acceptors (Lipinski definition) is 5. The van der Waals surface area contributed by atoms with E-state index in [4.69, 9.17) is 25.6 Å². The van der Waals surface area contributed by atoms with E-state index in [1.807, 2.05) is 0 Å². The molecular weight excluding hydrogens is 260 g/mol. The molecule has 1 N–H and O–H groups in total. The van der Waals surface area contributed by atoms with Crippen molar-refractivity contribution in [3.05, 3.63) is 17.5 Å². The van der Waals surface area contributed by atoms with Crippen LogP contribution in [0.4, 0.5) is 0 Å². The van der Waals surface area contributed by atoms with Crippen LogP contribution in [0.25, 0.3) is 0 Å². The van der Waals surface area contributed by atoms with Gasteiger partial charge in [-0.2, -0.15) is 0 Å². The molecule has 18 heavy (non-hydrogen) atoms. The summed E-state index contributed by atoms with van der Waals surface area (Å²) in [5, 5.41) is 6.45. The van der Waals surface area contributed by atoms with Crippen molar-refractivity contribution in [3.8, 4) is 0 Å². The first-order valence-electron chi connectivity index (χ1n) is 5.51. The van der Waals surface area contributed by atoms with Crippen molar-refractivity contribution in [3.63, 3.8) is 0 Å². The lowest BCUT2D eigenvalue weighted by Gasteiger charge is -2.15. The number of rotatable bonds is 8. The van der Waals surface area contributed by atoms with Crippen molar-refractivity contribution in [1.82, 2.24) is 10.5 Å². The van der Waals surface area contributed by atoms with Gasteiger partial charge in [0.1, 0.15) is 6.61 Å². The molecule has 0 saturated carbocycles. The minimum atomic E-state index is -0.312. The Balaban J connectivity index is 2.56. The number of methoxy groups -OCH3 is 2. The van der Waals surface area contributed by atoms with Gasteiger partial charge in [0.25, 0.3) is 5.91 Å². The third-order valence-corrected chi connectivity index (χ3v) is 2.46. The third kappa shape index (κ3) is 4.64. The molecular formula is C11H17ClN2O4. The Hall–Kier alpha value is -1.11. The molecule has 0 spiro atoms. The highest BCUT2D eigenvalue weighted by atomic mass is 35.5. The lowest BCUT2D eigenvalue weighted by molar-refractivity contribution is 0.0885. The number of nitrogens with zero attached hydrogens (tertiary/aromatic N) is 1. The number of alkyl halides is 1. The SMILES string of the molecule is COCc1cc(C(=O)NC(CCCl)COC)no1. The molecule has 6 nitrogen and oxygen atoms in total. The summed E-state index contributed by atoms with van der Waals surface area (Å²) >= 11 is 5.65. The normalized spacial score (nSPS) is 12.4. The highest BCUT2D eigenvalue weighted by molar-refractivity contribution is 6.17. The molecule has 1 heterocycles. The largest absolute Gasteiger partial charge is 0.383 e. The number of carbonyl (C=O) groups is 1. The second-order valence-corrected chi connectivity index (χ2v) is 4.09. The Morgan fingerprint density at radius 2 is 2.33 bits per heavy atom. The topological polar surface area (TPSA) is 73.6 Å². The maximum absolute atomic E-state index is 11.8.